The SMILES string of the molecule is CCCCCCCCCCCCCCCN1C=CN(CCCCCC)C1CCCCCCCCCCCCCC. The average Bonchev–Trinajstić information content (AvgIpc) is 3.35. The maximum atomic E-state index is 2.71. The number of hydrogen-bond acceptors (Lipinski definition) is 2. The molecule has 1 heterocycles. The van der Waals surface area contributed by atoms with E-state index in [0.29, 0.717) is 6.17 Å². The molecule has 1 atom stereocenters. The molecule has 0 N–H and O–H groups in total. The fraction of sp³-hybridized carbons (Fsp3) is 0.947. The normalized spacial score (nSPS) is 15.1. The van der Waals surface area contributed by atoms with Gasteiger partial charge in [0.2, 0.25) is 0 Å². The number of nitrogens with zero attached hydrogens (tertiary/aromatic N) is 2. The highest BCUT2D eigenvalue weighted by molar-refractivity contribution is 4.97. The zero-order chi connectivity index (χ0) is 28.8. The van der Waals surface area contributed by atoms with Gasteiger partial charge in [0.05, 0.1) is 0 Å². The zero-order valence-electron chi connectivity index (χ0n) is 28.3. The van der Waals surface area contributed by atoms with Crippen LogP contribution >= 0.6 is 0 Å². The van der Waals surface area contributed by atoms with E-state index in [2.05, 4.69) is 43.0 Å². The average molecular weight is 561 g/mol. The monoisotopic (exact) mass is 561 g/mol. The van der Waals surface area contributed by atoms with Crippen LogP contribution in [0.5, 0.6) is 0 Å². The van der Waals surface area contributed by atoms with E-state index in [1.165, 1.54) is 206 Å². The van der Waals surface area contributed by atoms with Gasteiger partial charge in [0.15, 0.2) is 0 Å². The minimum absolute atomic E-state index is 0.641. The van der Waals surface area contributed by atoms with Crippen molar-refractivity contribution in [3.8, 4) is 0 Å². The Morgan fingerprint density at radius 1 is 0.325 bits per heavy atom. The molecule has 0 bridgehead atoms. The molecule has 2 heteroatoms. The van der Waals surface area contributed by atoms with Crippen LogP contribution in [0.3, 0.4) is 0 Å². The fourth-order valence-corrected chi connectivity index (χ4v) is 6.54. The third-order valence-electron chi connectivity index (χ3n) is 9.32. The van der Waals surface area contributed by atoms with Crippen LogP contribution in [-0.2, 0) is 0 Å². The molecule has 0 aliphatic carbocycles. The van der Waals surface area contributed by atoms with E-state index in [9.17, 15) is 0 Å². The molecule has 0 radical (unpaired) electrons. The van der Waals surface area contributed by atoms with Gasteiger partial charge < -0.3 is 9.80 Å². The van der Waals surface area contributed by atoms with Gasteiger partial charge in [-0.2, -0.15) is 0 Å². The highest BCUT2D eigenvalue weighted by Gasteiger charge is 2.24. The standard InChI is InChI=1S/C38H76N2/c1-4-7-10-13-15-17-19-21-23-25-27-29-32-35-40-37-36-39(34-31-12-9-6-3)38(40)33-30-28-26-24-22-20-18-16-14-11-8-5-2/h36-38H,4-35H2,1-3H3. The molecule has 1 unspecified atom stereocenters. The fourth-order valence-electron chi connectivity index (χ4n) is 6.54. The number of hydrogen-bond donors (Lipinski definition) is 0. The Kier molecular flexibility index (Phi) is 27.9. The minimum Gasteiger partial charge on any atom is -0.356 e. The van der Waals surface area contributed by atoms with Gasteiger partial charge in [-0.05, 0) is 25.7 Å². The summed E-state index contributed by atoms with van der Waals surface area (Å²) in [5.41, 5.74) is 0. The first-order chi connectivity index (χ1) is 19.8. The van der Waals surface area contributed by atoms with Crippen molar-refractivity contribution in [3.05, 3.63) is 12.4 Å². The summed E-state index contributed by atoms with van der Waals surface area (Å²) in [5, 5.41) is 0. The lowest BCUT2D eigenvalue weighted by molar-refractivity contribution is 0.135. The van der Waals surface area contributed by atoms with Crippen LogP contribution in [-0.4, -0.2) is 29.1 Å². The van der Waals surface area contributed by atoms with E-state index in [0.717, 1.165) is 0 Å². The third kappa shape index (κ3) is 22.0. The second kappa shape index (κ2) is 29.8. The van der Waals surface area contributed by atoms with Gasteiger partial charge >= 0.3 is 0 Å². The second-order valence-corrected chi connectivity index (χ2v) is 13.2. The molecule has 0 fully saturated rings. The Morgan fingerprint density at radius 3 is 0.900 bits per heavy atom. The van der Waals surface area contributed by atoms with E-state index in [4.69, 9.17) is 0 Å². The van der Waals surface area contributed by atoms with Crippen molar-refractivity contribution >= 4 is 0 Å². The van der Waals surface area contributed by atoms with Gasteiger partial charge in [0.1, 0.15) is 6.17 Å². The molecular weight excluding hydrogens is 484 g/mol. The molecule has 0 aromatic heterocycles. The van der Waals surface area contributed by atoms with Crippen LogP contribution in [0.25, 0.3) is 0 Å². The van der Waals surface area contributed by atoms with Crippen molar-refractivity contribution in [2.24, 2.45) is 0 Å². The predicted molar refractivity (Wildman–Crippen MR) is 182 cm³/mol. The lowest BCUT2D eigenvalue weighted by Crippen LogP contribution is -2.39. The lowest BCUT2D eigenvalue weighted by atomic mass is 10.0. The maximum absolute atomic E-state index is 2.71. The van der Waals surface area contributed by atoms with E-state index in [1.807, 2.05) is 0 Å². The molecule has 0 aromatic rings. The first-order valence-corrected chi connectivity index (χ1v) is 19.0. The molecule has 238 valence electrons. The smallest absolute Gasteiger partial charge is 0.101 e. The molecule has 0 amide bonds. The molecule has 1 rings (SSSR count). The number of unbranched alkanes of at least 4 members (excludes halogenated alkanes) is 26. The molecule has 0 aromatic carbocycles. The van der Waals surface area contributed by atoms with Crippen molar-refractivity contribution in [1.82, 2.24) is 9.80 Å². The molecular formula is C38H76N2. The van der Waals surface area contributed by atoms with Crippen LogP contribution in [0.1, 0.15) is 213 Å². The van der Waals surface area contributed by atoms with Crippen LogP contribution in [0, 0.1) is 0 Å². The molecule has 2 nitrogen and oxygen atoms in total. The summed E-state index contributed by atoms with van der Waals surface area (Å²) >= 11 is 0. The van der Waals surface area contributed by atoms with Crippen LogP contribution in [0.2, 0.25) is 0 Å². The maximum Gasteiger partial charge on any atom is 0.101 e. The first-order valence-electron chi connectivity index (χ1n) is 19.0. The van der Waals surface area contributed by atoms with Crippen molar-refractivity contribution < 1.29 is 0 Å². The van der Waals surface area contributed by atoms with E-state index >= 15 is 0 Å². The molecule has 0 saturated carbocycles. The predicted octanol–water partition coefficient (Wildman–Crippen LogP) is 13.2. The second-order valence-electron chi connectivity index (χ2n) is 13.2. The molecule has 0 spiro atoms. The lowest BCUT2D eigenvalue weighted by Gasteiger charge is -2.33. The van der Waals surface area contributed by atoms with E-state index < -0.39 is 0 Å². The van der Waals surface area contributed by atoms with E-state index in [-0.39, 0.29) is 0 Å². The molecule has 0 saturated heterocycles. The summed E-state index contributed by atoms with van der Waals surface area (Å²) in [6, 6.07) is 0. The number of rotatable bonds is 32. The van der Waals surface area contributed by atoms with E-state index in [1.54, 1.807) is 0 Å². The van der Waals surface area contributed by atoms with Crippen LogP contribution in [0.4, 0.5) is 0 Å². The summed E-state index contributed by atoms with van der Waals surface area (Å²) in [6.45, 7) is 9.47. The quantitative estimate of drug-likeness (QED) is 0.0755. The van der Waals surface area contributed by atoms with Gasteiger partial charge in [-0.3, -0.25) is 0 Å². The van der Waals surface area contributed by atoms with Crippen molar-refractivity contribution in [3.63, 3.8) is 0 Å². The van der Waals surface area contributed by atoms with Gasteiger partial charge in [-0.25, -0.2) is 0 Å². The van der Waals surface area contributed by atoms with Gasteiger partial charge in [-0.15, -0.1) is 0 Å². The van der Waals surface area contributed by atoms with Crippen molar-refractivity contribution in [1.29, 1.82) is 0 Å². The molecule has 1 aliphatic heterocycles. The third-order valence-corrected chi connectivity index (χ3v) is 9.32. The summed E-state index contributed by atoms with van der Waals surface area (Å²) in [6.07, 6.45) is 48.5. The first kappa shape index (κ1) is 37.4. The van der Waals surface area contributed by atoms with Crippen LogP contribution < -0.4 is 0 Å². The van der Waals surface area contributed by atoms with Crippen molar-refractivity contribution in [2.45, 2.75) is 220 Å². The summed E-state index contributed by atoms with van der Waals surface area (Å²) in [4.78, 5) is 5.40. The Hall–Kier alpha value is -0.660. The molecule has 1 aliphatic rings. The van der Waals surface area contributed by atoms with Gasteiger partial charge in [-0.1, -0.05) is 188 Å². The van der Waals surface area contributed by atoms with Gasteiger partial charge in [0, 0.05) is 25.5 Å². The van der Waals surface area contributed by atoms with Crippen LogP contribution in [0.15, 0.2) is 12.4 Å². The Morgan fingerprint density at radius 2 is 0.575 bits per heavy atom. The van der Waals surface area contributed by atoms with Crippen molar-refractivity contribution in [2.75, 3.05) is 13.1 Å². The Labute approximate surface area is 254 Å². The summed E-state index contributed by atoms with van der Waals surface area (Å²) in [7, 11) is 0. The largest absolute Gasteiger partial charge is 0.356 e. The summed E-state index contributed by atoms with van der Waals surface area (Å²) < 4.78 is 0. The summed E-state index contributed by atoms with van der Waals surface area (Å²) in [5.74, 6) is 0. The minimum atomic E-state index is 0.641. The van der Waals surface area contributed by atoms with Gasteiger partial charge in [0.25, 0.3) is 0 Å². The highest BCUT2D eigenvalue weighted by Crippen LogP contribution is 2.24. The highest BCUT2D eigenvalue weighted by atomic mass is 15.4. The topological polar surface area (TPSA) is 6.48 Å². The zero-order valence-corrected chi connectivity index (χ0v) is 28.3. The Balaban J connectivity index is 2.13. The Bertz CT molecular complexity index is 516. The molecule has 40 heavy (non-hydrogen) atoms.